The van der Waals surface area contributed by atoms with E-state index in [-0.39, 0.29) is 5.91 Å². The lowest BCUT2D eigenvalue weighted by Crippen LogP contribution is -2.19. The number of nitrogens with zero attached hydrogens (tertiary/aromatic N) is 6. The van der Waals surface area contributed by atoms with E-state index in [9.17, 15) is 4.79 Å². The Labute approximate surface area is 136 Å². The number of aromatic nitrogens is 5. The molecule has 0 aromatic carbocycles. The van der Waals surface area contributed by atoms with Crippen LogP contribution >= 0.6 is 11.3 Å². The Morgan fingerprint density at radius 2 is 2.17 bits per heavy atom. The zero-order valence-electron chi connectivity index (χ0n) is 12.2. The lowest BCUT2D eigenvalue weighted by atomic mass is 10.2. The number of pyridine rings is 1. The molecule has 0 fully saturated rings. The Hall–Kier alpha value is -2.94. The van der Waals surface area contributed by atoms with Crippen LogP contribution in [0.2, 0.25) is 0 Å². The standard InChI is InChI=1S/C14H13N7OS/c1-21(8-11-7-15-4-5-16-11)12-3-2-10(6-17-12)13(22)19-14-20-18-9-23-14/h2-7,9H,8H2,1H3,(H,19,20,22). The van der Waals surface area contributed by atoms with Gasteiger partial charge in [0.2, 0.25) is 5.13 Å². The average molecular weight is 327 g/mol. The second kappa shape index (κ2) is 6.88. The molecule has 0 bridgehead atoms. The van der Waals surface area contributed by atoms with Gasteiger partial charge < -0.3 is 4.90 Å². The molecule has 0 aliphatic heterocycles. The summed E-state index contributed by atoms with van der Waals surface area (Å²) in [5.74, 6) is 0.473. The van der Waals surface area contributed by atoms with Crippen molar-refractivity contribution in [3.8, 4) is 0 Å². The zero-order valence-corrected chi connectivity index (χ0v) is 13.1. The molecule has 3 aromatic heterocycles. The molecule has 0 aliphatic carbocycles. The lowest BCUT2D eigenvalue weighted by molar-refractivity contribution is 0.102. The molecule has 9 heteroatoms. The normalized spacial score (nSPS) is 10.3. The Kier molecular flexibility index (Phi) is 4.48. The second-order valence-corrected chi connectivity index (χ2v) is 5.49. The number of rotatable bonds is 5. The minimum atomic E-state index is -0.266. The SMILES string of the molecule is CN(Cc1cnccn1)c1ccc(C(=O)Nc2nncs2)cn1. The Morgan fingerprint density at radius 1 is 1.26 bits per heavy atom. The summed E-state index contributed by atoms with van der Waals surface area (Å²) >= 11 is 1.26. The Morgan fingerprint density at radius 3 is 2.83 bits per heavy atom. The topological polar surface area (TPSA) is 96.8 Å². The smallest absolute Gasteiger partial charge is 0.259 e. The molecule has 3 rings (SSSR count). The summed E-state index contributed by atoms with van der Waals surface area (Å²) < 4.78 is 0. The molecule has 1 N–H and O–H groups in total. The minimum absolute atomic E-state index is 0.266. The van der Waals surface area contributed by atoms with Gasteiger partial charge in [-0.3, -0.25) is 20.1 Å². The first kappa shape index (κ1) is 15.0. The summed E-state index contributed by atoms with van der Waals surface area (Å²) in [5.41, 5.74) is 2.85. The molecule has 0 saturated heterocycles. The van der Waals surface area contributed by atoms with Crippen LogP contribution in [0.5, 0.6) is 0 Å². The fraction of sp³-hybridized carbons (Fsp3) is 0.143. The van der Waals surface area contributed by atoms with Crippen molar-refractivity contribution in [3.05, 3.63) is 53.7 Å². The maximum atomic E-state index is 12.0. The van der Waals surface area contributed by atoms with Crippen molar-refractivity contribution >= 4 is 28.2 Å². The van der Waals surface area contributed by atoms with Gasteiger partial charge in [0.15, 0.2) is 0 Å². The van der Waals surface area contributed by atoms with Crippen LogP contribution in [0.4, 0.5) is 10.9 Å². The molecule has 0 aliphatic rings. The van der Waals surface area contributed by atoms with Crippen molar-refractivity contribution in [1.29, 1.82) is 0 Å². The number of nitrogens with one attached hydrogen (secondary N) is 1. The largest absolute Gasteiger partial charge is 0.354 e. The predicted octanol–water partition coefficient (Wildman–Crippen LogP) is 1.61. The highest BCUT2D eigenvalue weighted by Gasteiger charge is 2.10. The van der Waals surface area contributed by atoms with Crippen molar-refractivity contribution < 1.29 is 4.79 Å². The third kappa shape index (κ3) is 3.83. The fourth-order valence-corrected chi connectivity index (χ4v) is 2.32. The molecule has 0 unspecified atom stereocenters. The van der Waals surface area contributed by atoms with Gasteiger partial charge in [-0.1, -0.05) is 11.3 Å². The van der Waals surface area contributed by atoms with Gasteiger partial charge in [-0.25, -0.2) is 4.98 Å². The van der Waals surface area contributed by atoms with E-state index in [1.165, 1.54) is 17.5 Å². The molecule has 23 heavy (non-hydrogen) atoms. The van der Waals surface area contributed by atoms with Crippen molar-refractivity contribution in [2.45, 2.75) is 6.54 Å². The number of anilines is 2. The van der Waals surface area contributed by atoms with Crippen molar-refractivity contribution in [2.75, 3.05) is 17.3 Å². The summed E-state index contributed by atoms with van der Waals surface area (Å²) in [6, 6.07) is 3.50. The van der Waals surface area contributed by atoms with Crippen LogP contribution in [-0.2, 0) is 6.54 Å². The first-order valence-corrected chi connectivity index (χ1v) is 7.60. The first-order valence-electron chi connectivity index (χ1n) is 6.72. The van der Waals surface area contributed by atoms with E-state index in [4.69, 9.17) is 0 Å². The lowest BCUT2D eigenvalue weighted by Gasteiger charge is -2.17. The van der Waals surface area contributed by atoms with Crippen molar-refractivity contribution in [2.24, 2.45) is 0 Å². The number of amides is 1. The Bertz CT molecular complexity index is 762. The van der Waals surface area contributed by atoms with Crippen LogP contribution in [0.25, 0.3) is 0 Å². The quantitative estimate of drug-likeness (QED) is 0.760. The van der Waals surface area contributed by atoms with Crippen LogP contribution in [0.3, 0.4) is 0 Å². The second-order valence-electron chi connectivity index (χ2n) is 4.66. The van der Waals surface area contributed by atoms with Gasteiger partial charge in [0.25, 0.3) is 5.91 Å². The summed E-state index contributed by atoms with van der Waals surface area (Å²) in [7, 11) is 1.90. The van der Waals surface area contributed by atoms with E-state index in [0.29, 0.717) is 17.2 Å². The molecule has 1 amide bonds. The molecule has 0 spiro atoms. The predicted molar refractivity (Wildman–Crippen MR) is 86.2 cm³/mol. The van der Waals surface area contributed by atoms with Gasteiger partial charge >= 0.3 is 0 Å². The highest BCUT2D eigenvalue weighted by atomic mass is 32.1. The minimum Gasteiger partial charge on any atom is -0.354 e. The third-order valence-electron chi connectivity index (χ3n) is 3.00. The highest BCUT2D eigenvalue weighted by Crippen LogP contribution is 2.14. The van der Waals surface area contributed by atoms with E-state index in [2.05, 4.69) is 30.5 Å². The van der Waals surface area contributed by atoms with Crippen molar-refractivity contribution in [1.82, 2.24) is 25.1 Å². The number of carbonyl (C=O) groups excluding carboxylic acids is 1. The van der Waals surface area contributed by atoms with Gasteiger partial charge in [0, 0.05) is 25.6 Å². The summed E-state index contributed by atoms with van der Waals surface area (Å²) in [5, 5.41) is 10.6. The molecule has 0 radical (unpaired) electrons. The number of hydrogen-bond donors (Lipinski definition) is 1. The first-order chi connectivity index (χ1) is 11.2. The zero-order chi connectivity index (χ0) is 16.1. The van der Waals surface area contributed by atoms with E-state index in [1.807, 2.05) is 11.9 Å². The summed E-state index contributed by atoms with van der Waals surface area (Å²) in [6.07, 6.45) is 6.52. The van der Waals surface area contributed by atoms with Gasteiger partial charge in [-0.15, -0.1) is 10.2 Å². The maximum absolute atomic E-state index is 12.0. The van der Waals surface area contributed by atoms with Crippen molar-refractivity contribution in [3.63, 3.8) is 0 Å². The van der Waals surface area contributed by atoms with Crippen LogP contribution in [0.15, 0.2) is 42.4 Å². The van der Waals surface area contributed by atoms with Crippen LogP contribution < -0.4 is 10.2 Å². The monoisotopic (exact) mass is 327 g/mol. The van der Waals surface area contributed by atoms with Gasteiger partial charge in [0.1, 0.15) is 11.3 Å². The molecular weight excluding hydrogens is 314 g/mol. The number of hydrogen-bond acceptors (Lipinski definition) is 8. The van der Waals surface area contributed by atoms with Crippen LogP contribution in [0.1, 0.15) is 16.1 Å². The van der Waals surface area contributed by atoms with Gasteiger partial charge in [0.05, 0.1) is 24.0 Å². The summed E-state index contributed by atoms with van der Waals surface area (Å²) in [6.45, 7) is 0.581. The molecule has 3 aromatic rings. The van der Waals surface area contributed by atoms with E-state index >= 15 is 0 Å². The third-order valence-corrected chi connectivity index (χ3v) is 3.60. The summed E-state index contributed by atoms with van der Waals surface area (Å²) in [4.78, 5) is 26.5. The molecule has 0 saturated carbocycles. The molecular formula is C14H13N7OS. The van der Waals surface area contributed by atoms with Crippen LogP contribution in [-0.4, -0.2) is 38.1 Å². The average Bonchev–Trinajstić information content (AvgIpc) is 3.09. The fourth-order valence-electron chi connectivity index (χ4n) is 1.88. The van der Waals surface area contributed by atoms with Crippen LogP contribution in [0, 0.1) is 0 Å². The van der Waals surface area contributed by atoms with E-state index < -0.39 is 0 Å². The molecule has 0 atom stereocenters. The van der Waals surface area contributed by atoms with E-state index in [1.54, 1.807) is 36.2 Å². The highest BCUT2D eigenvalue weighted by molar-refractivity contribution is 7.13. The maximum Gasteiger partial charge on any atom is 0.259 e. The molecule has 3 heterocycles. The van der Waals surface area contributed by atoms with E-state index in [0.717, 1.165) is 11.5 Å². The van der Waals surface area contributed by atoms with Gasteiger partial charge in [-0.2, -0.15) is 0 Å². The van der Waals surface area contributed by atoms with Gasteiger partial charge in [-0.05, 0) is 12.1 Å². The number of carbonyl (C=O) groups is 1. The molecule has 116 valence electrons. The molecule has 8 nitrogen and oxygen atoms in total. The Balaban J connectivity index is 1.65.